The van der Waals surface area contributed by atoms with Crippen LogP contribution in [0.25, 0.3) is 0 Å². The topological polar surface area (TPSA) is 84.0 Å². The molecular weight excluding hydrogens is 278 g/mol. The Labute approximate surface area is 120 Å². The van der Waals surface area contributed by atoms with E-state index in [-0.39, 0.29) is 12.0 Å². The molecule has 0 saturated carbocycles. The molecule has 1 fully saturated rings. The summed E-state index contributed by atoms with van der Waals surface area (Å²) in [6.45, 7) is 5.26. The van der Waals surface area contributed by atoms with Gasteiger partial charge in [0.05, 0.1) is 24.4 Å². The van der Waals surface area contributed by atoms with Gasteiger partial charge in [0.2, 0.25) is 0 Å². The van der Waals surface area contributed by atoms with E-state index in [1.54, 1.807) is 11.1 Å². The fourth-order valence-electron chi connectivity index (χ4n) is 2.11. The lowest BCUT2D eigenvalue weighted by molar-refractivity contribution is -0.0265. The van der Waals surface area contributed by atoms with Crippen molar-refractivity contribution in [2.75, 3.05) is 19.7 Å². The second-order valence-electron chi connectivity index (χ2n) is 4.63. The van der Waals surface area contributed by atoms with Crippen molar-refractivity contribution < 1.29 is 9.53 Å². The molecule has 8 heteroatoms. The van der Waals surface area contributed by atoms with Crippen molar-refractivity contribution in [3.8, 4) is 0 Å². The number of ether oxygens (including phenoxy) is 1. The highest BCUT2D eigenvalue weighted by molar-refractivity contribution is 7.13. The van der Waals surface area contributed by atoms with Gasteiger partial charge in [0.25, 0.3) is 5.91 Å². The highest BCUT2D eigenvalue weighted by Crippen LogP contribution is 2.22. The van der Waals surface area contributed by atoms with Crippen LogP contribution in [0.2, 0.25) is 0 Å². The largest absolute Gasteiger partial charge is 0.366 e. The molecule has 3 rings (SSSR count). The van der Waals surface area contributed by atoms with E-state index in [2.05, 4.69) is 20.2 Å². The Balaban J connectivity index is 1.73. The lowest BCUT2D eigenvalue weighted by Gasteiger charge is -2.31. The molecule has 1 N–H and O–H groups in total. The minimum atomic E-state index is -0.272. The number of hydrogen-bond acceptors (Lipinski definition) is 6. The highest BCUT2D eigenvalue weighted by Gasteiger charge is 2.29. The number of aromatic nitrogens is 4. The van der Waals surface area contributed by atoms with Crippen LogP contribution in [-0.2, 0) is 4.74 Å². The first-order valence-corrected chi connectivity index (χ1v) is 7.17. The van der Waals surface area contributed by atoms with E-state index in [1.165, 1.54) is 11.3 Å². The molecule has 2 aromatic rings. The van der Waals surface area contributed by atoms with Gasteiger partial charge in [0, 0.05) is 6.54 Å². The van der Waals surface area contributed by atoms with E-state index in [0.717, 1.165) is 10.8 Å². The summed E-state index contributed by atoms with van der Waals surface area (Å²) >= 11 is 1.41. The van der Waals surface area contributed by atoms with E-state index in [9.17, 15) is 4.79 Å². The normalized spacial score (nSPS) is 19.3. The maximum absolute atomic E-state index is 12.4. The Morgan fingerprint density at radius 2 is 2.40 bits per heavy atom. The average Bonchev–Trinajstić information content (AvgIpc) is 3.07. The number of morpholine rings is 1. The zero-order valence-corrected chi connectivity index (χ0v) is 12.1. The average molecular weight is 293 g/mol. The van der Waals surface area contributed by atoms with Gasteiger partial charge in [-0.1, -0.05) is 0 Å². The van der Waals surface area contributed by atoms with Gasteiger partial charge >= 0.3 is 0 Å². The van der Waals surface area contributed by atoms with Gasteiger partial charge < -0.3 is 9.64 Å². The first-order valence-electron chi connectivity index (χ1n) is 6.35. The van der Waals surface area contributed by atoms with Gasteiger partial charge in [-0.3, -0.25) is 9.89 Å². The number of carbonyl (C=O) groups excluding carboxylic acids is 1. The van der Waals surface area contributed by atoms with Gasteiger partial charge in [-0.05, 0) is 13.8 Å². The van der Waals surface area contributed by atoms with Crippen molar-refractivity contribution in [3.05, 3.63) is 27.7 Å². The molecule has 106 valence electrons. The Hall–Kier alpha value is -1.80. The first-order chi connectivity index (χ1) is 9.63. The third-order valence-electron chi connectivity index (χ3n) is 3.09. The second-order valence-corrected chi connectivity index (χ2v) is 5.87. The van der Waals surface area contributed by atoms with Crippen LogP contribution in [0.3, 0.4) is 0 Å². The van der Waals surface area contributed by atoms with Gasteiger partial charge in [0.15, 0.2) is 5.82 Å². The molecule has 0 aliphatic carbocycles. The summed E-state index contributed by atoms with van der Waals surface area (Å²) in [7, 11) is 0. The van der Waals surface area contributed by atoms with Crippen molar-refractivity contribution >= 4 is 17.2 Å². The zero-order chi connectivity index (χ0) is 14.1. The summed E-state index contributed by atoms with van der Waals surface area (Å²) in [5.74, 6) is 1.33. The van der Waals surface area contributed by atoms with Crippen molar-refractivity contribution in [1.29, 1.82) is 0 Å². The zero-order valence-electron chi connectivity index (χ0n) is 11.3. The van der Waals surface area contributed by atoms with E-state index >= 15 is 0 Å². The van der Waals surface area contributed by atoms with Gasteiger partial charge in [-0.25, -0.2) is 9.97 Å². The van der Waals surface area contributed by atoms with Crippen molar-refractivity contribution in [1.82, 2.24) is 25.1 Å². The summed E-state index contributed by atoms with van der Waals surface area (Å²) in [5.41, 5.74) is 0. The van der Waals surface area contributed by atoms with Crippen LogP contribution in [-0.4, -0.2) is 50.7 Å². The lowest BCUT2D eigenvalue weighted by atomic mass is 10.2. The van der Waals surface area contributed by atoms with E-state index in [1.807, 2.05) is 13.8 Å². The molecule has 0 bridgehead atoms. The number of nitrogens with zero attached hydrogens (tertiary/aromatic N) is 4. The molecule has 20 heavy (non-hydrogen) atoms. The van der Waals surface area contributed by atoms with Crippen LogP contribution in [0.4, 0.5) is 0 Å². The van der Waals surface area contributed by atoms with E-state index in [4.69, 9.17) is 4.74 Å². The number of H-pyrrole nitrogens is 1. The standard InChI is InChI=1S/C12H15N5O2S/c1-7-14-11(16-15-7)9-6-17(3-4-19-9)12(18)10-5-13-8(2)20-10/h5,9H,3-4,6H2,1-2H3,(H,14,15,16). The molecular formula is C12H15N5O2S. The summed E-state index contributed by atoms with van der Waals surface area (Å²) in [5, 5.41) is 7.79. The van der Waals surface area contributed by atoms with E-state index < -0.39 is 0 Å². The summed E-state index contributed by atoms with van der Waals surface area (Å²) in [6, 6.07) is 0. The number of amides is 1. The fourth-order valence-corrected chi connectivity index (χ4v) is 2.86. The SMILES string of the molecule is Cc1nc(C2CN(C(=O)c3cnc(C)s3)CCO2)n[nH]1. The molecule has 1 atom stereocenters. The molecule has 0 radical (unpaired) electrons. The molecule has 1 aliphatic rings. The number of hydrogen-bond donors (Lipinski definition) is 1. The Morgan fingerprint density at radius 3 is 3.05 bits per heavy atom. The maximum Gasteiger partial charge on any atom is 0.265 e. The smallest absolute Gasteiger partial charge is 0.265 e. The number of thiazole rings is 1. The Kier molecular flexibility index (Phi) is 3.49. The third kappa shape index (κ3) is 2.56. The monoisotopic (exact) mass is 293 g/mol. The summed E-state index contributed by atoms with van der Waals surface area (Å²) in [6.07, 6.45) is 1.36. The number of aryl methyl sites for hydroxylation is 2. The van der Waals surface area contributed by atoms with E-state index in [0.29, 0.717) is 30.4 Å². The number of aromatic amines is 1. The molecule has 1 aliphatic heterocycles. The van der Waals surface area contributed by atoms with Crippen LogP contribution in [0.1, 0.15) is 32.4 Å². The van der Waals surface area contributed by atoms with Crippen molar-refractivity contribution in [2.24, 2.45) is 0 Å². The second kappa shape index (κ2) is 5.29. The Morgan fingerprint density at radius 1 is 1.55 bits per heavy atom. The molecule has 1 unspecified atom stereocenters. The van der Waals surface area contributed by atoms with Crippen LogP contribution < -0.4 is 0 Å². The summed E-state index contributed by atoms with van der Waals surface area (Å²) in [4.78, 5) is 23.2. The minimum absolute atomic E-state index is 0.00356. The van der Waals surface area contributed by atoms with Gasteiger partial charge in [-0.15, -0.1) is 11.3 Å². The van der Waals surface area contributed by atoms with Gasteiger partial charge in [0.1, 0.15) is 16.8 Å². The first kappa shape index (κ1) is 13.2. The number of rotatable bonds is 2. The van der Waals surface area contributed by atoms with Crippen LogP contribution in [0.15, 0.2) is 6.20 Å². The van der Waals surface area contributed by atoms with Gasteiger partial charge in [-0.2, -0.15) is 5.10 Å². The number of nitrogens with one attached hydrogen (secondary N) is 1. The third-order valence-corrected chi connectivity index (χ3v) is 3.99. The molecule has 1 amide bonds. The molecule has 2 aromatic heterocycles. The predicted molar refractivity (Wildman–Crippen MR) is 72.6 cm³/mol. The molecule has 0 spiro atoms. The van der Waals surface area contributed by atoms with Crippen LogP contribution in [0.5, 0.6) is 0 Å². The predicted octanol–water partition coefficient (Wildman–Crippen LogP) is 1.09. The molecule has 7 nitrogen and oxygen atoms in total. The Bertz CT molecular complexity index is 623. The highest BCUT2D eigenvalue weighted by atomic mass is 32.1. The van der Waals surface area contributed by atoms with Crippen LogP contribution in [0, 0.1) is 13.8 Å². The summed E-state index contributed by atoms with van der Waals surface area (Å²) < 4.78 is 5.65. The fraction of sp³-hybridized carbons (Fsp3) is 0.500. The quantitative estimate of drug-likeness (QED) is 0.896. The van der Waals surface area contributed by atoms with Crippen molar-refractivity contribution in [2.45, 2.75) is 20.0 Å². The molecule has 0 aromatic carbocycles. The molecule has 3 heterocycles. The maximum atomic E-state index is 12.4. The minimum Gasteiger partial charge on any atom is -0.366 e. The van der Waals surface area contributed by atoms with Crippen LogP contribution >= 0.6 is 11.3 Å². The van der Waals surface area contributed by atoms with Crippen molar-refractivity contribution in [3.63, 3.8) is 0 Å². The number of carbonyl (C=O) groups is 1. The lowest BCUT2D eigenvalue weighted by Crippen LogP contribution is -2.42. The molecule has 1 saturated heterocycles.